The number of nitrogens with one attached hydrogen (secondary N) is 1. The number of carbonyl (C=O) groups excluding carboxylic acids is 1. The lowest BCUT2D eigenvalue weighted by Gasteiger charge is -2.08. The van der Waals surface area contributed by atoms with Gasteiger partial charge in [-0.1, -0.05) is 42.5 Å². The zero-order valence-electron chi connectivity index (χ0n) is 15.6. The van der Waals surface area contributed by atoms with Crippen molar-refractivity contribution in [3.8, 4) is 11.5 Å². The lowest BCUT2D eigenvalue weighted by molar-refractivity contribution is -0.116. The molecule has 0 spiro atoms. The van der Waals surface area contributed by atoms with E-state index in [0.29, 0.717) is 6.54 Å². The Balaban J connectivity index is 1.62. The van der Waals surface area contributed by atoms with E-state index in [2.05, 4.69) is 5.32 Å². The summed E-state index contributed by atoms with van der Waals surface area (Å²) in [6.45, 7) is 0.569. The van der Waals surface area contributed by atoms with E-state index in [4.69, 9.17) is 9.47 Å². The summed E-state index contributed by atoms with van der Waals surface area (Å²) in [7, 11) is 3.31. The number of ether oxygens (including phenoxy) is 2. The van der Waals surface area contributed by atoms with Crippen LogP contribution in [-0.2, 0) is 11.2 Å². The lowest BCUT2D eigenvalue weighted by atomic mass is 10.0. The van der Waals surface area contributed by atoms with Crippen molar-refractivity contribution in [3.63, 3.8) is 0 Å². The van der Waals surface area contributed by atoms with Gasteiger partial charge in [-0.25, -0.2) is 0 Å². The zero-order valence-corrected chi connectivity index (χ0v) is 15.6. The molecule has 4 nitrogen and oxygen atoms in total. The van der Waals surface area contributed by atoms with Gasteiger partial charge >= 0.3 is 0 Å². The van der Waals surface area contributed by atoms with Crippen molar-refractivity contribution in [2.24, 2.45) is 0 Å². The number of fused-ring (bicyclic) bond motifs is 1. The highest BCUT2D eigenvalue weighted by Crippen LogP contribution is 2.28. The van der Waals surface area contributed by atoms with Crippen LogP contribution in [0.25, 0.3) is 16.8 Å². The summed E-state index contributed by atoms with van der Waals surface area (Å²) in [5.74, 6) is 1.54. The summed E-state index contributed by atoms with van der Waals surface area (Å²) in [6, 6.07) is 19.7. The Morgan fingerprint density at radius 2 is 1.78 bits per heavy atom. The summed E-state index contributed by atoms with van der Waals surface area (Å²) in [4.78, 5) is 12.1. The van der Waals surface area contributed by atoms with Gasteiger partial charge in [0.2, 0.25) is 5.91 Å². The van der Waals surface area contributed by atoms with Gasteiger partial charge in [0.25, 0.3) is 0 Å². The van der Waals surface area contributed by atoms with Crippen LogP contribution in [0.4, 0.5) is 0 Å². The average molecular weight is 361 g/mol. The van der Waals surface area contributed by atoms with Crippen LogP contribution < -0.4 is 14.8 Å². The van der Waals surface area contributed by atoms with Gasteiger partial charge in [0.1, 0.15) is 11.5 Å². The van der Waals surface area contributed by atoms with Gasteiger partial charge in [-0.05, 0) is 47.2 Å². The molecule has 27 heavy (non-hydrogen) atoms. The minimum atomic E-state index is -0.113. The second kappa shape index (κ2) is 8.90. The van der Waals surface area contributed by atoms with Gasteiger partial charge in [-0.2, -0.15) is 0 Å². The molecule has 3 rings (SSSR count). The molecule has 1 amide bonds. The fraction of sp³-hybridized carbons (Fsp3) is 0.174. The Labute approximate surface area is 159 Å². The number of carbonyl (C=O) groups is 1. The van der Waals surface area contributed by atoms with Gasteiger partial charge in [0, 0.05) is 18.0 Å². The summed E-state index contributed by atoms with van der Waals surface area (Å²) < 4.78 is 10.6. The molecule has 0 fully saturated rings. The van der Waals surface area contributed by atoms with Gasteiger partial charge in [-0.3, -0.25) is 4.79 Å². The summed E-state index contributed by atoms with van der Waals surface area (Å²) in [5.41, 5.74) is 2.11. The predicted molar refractivity (Wildman–Crippen MR) is 109 cm³/mol. The van der Waals surface area contributed by atoms with Gasteiger partial charge in [-0.15, -0.1) is 0 Å². The van der Waals surface area contributed by atoms with Gasteiger partial charge in [0.15, 0.2) is 0 Å². The highest BCUT2D eigenvalue weighted by molar-refractivity contribution is 5.98. The van der Waals surface area contributed by atoms with E-state index in [1.165, 1.54) is 0 Å². The van der Waals surface area contributed by atoms with Crippen molar-refractivity contribution in [3.05, 3.63) is 77.9 Å². The van der Waals surface area contributed by atoms with Crippen molar-refractivity contribution < 1.29 is 14.3 Å². The first-order valence-corrected chi connectivity index (χ1v) is 8.86. The molecule has 0 aliphatic carbocycles. The Hall–Kier alpha value is -3.27. The molecule has 0 aliphatic rings. The molecule has 0 aliphatic heterocycles. The third-order valence-electron chi connectivity index (χ3n) is 4.40. The molecule has 0 saturated heterocycles. The fourth-order valence-electron chi connectivity index (χ4n) is 3.00. The van der Waals surface area contributed by atoms with Crippen LogP contribution >= 0.6 is 0 Å². The zero-order chi connectivity index (χ0) is 19.1. The molecule has 3 aromatic rings. The molecule has 0 heterocycles. The Morgan fingerprint density at radius 1 is 0.963 bits per heavy atom. The van der Waals surface area contributed by atoms with E-state index in [1.807, 2.05) is 66.7 Å². The maximum absolute atomic E-state index is 12.1. The quantitative estimate of drug-likeness (QED) is 0.641. The fourth-order valence-corrected chi connectivity index (χ4v) is 3.00. The summed E-state index contributed by atoms with van der Waals surface area (Å²) >= 11 is 0. The van der Waals surface area contributed by atoms with Crippen LogP contribution in [0.2, 0.25) is 0 Å². The number of methoxy groups -OCH3 is 2. The van der Waals surface area contributed by atoms with Gasteiger partial charge in [0.05, 0.1) is 14.2 Å². The van der Waals surface area contributed by atoms with Crippen molar-refractivity contribution in [1.82, 2.24) is 5.32 Å². The van der Waals surface area contributed by atoms with Crippen LogP contribution in [0.1, 0.15) is 11.1 Å². The predicted octanol–water partition coefficient (Wildman–Crippen LogP) is 4.23. The standard InChI is InChI=1S/C23H23NO3/c1-26-19-7-5-6-17(16-19)14-15-24-23(25)13-11-18-10-12-22(27-2)21-9-4-3-8-20(18)21/h3-13,16H,14-15H2,1-2H3,(H,24,25)/b13-11+. The minimum absolute atomic E-state index is 0.113. The number of hydrogen-bond acceptors (Lipinski definition) is 3. The topological polar surface area (TPSA) is 47.6 Å². The van der Waals surface area contributed by atoms with Crippen LogP contribution in [0.5, 0.6) is 11.5 Å². The highest BCUT2D eigenvalue weighted by atomic mass is 16.5. The molecule has 3 aromatic carbocycles. The molecule has 0 bridgehead atoms. The van der Waals surface area contributed by atoms with Crippen molar-refractivity contribution >= 4 is 22.8 Å². The van der Waals surface area contributed by atoms with Crippen molar-refractivity contribution in [1.29, 1.82) is 0 Å². The normalized spacial score (nSPS) is 10.9. The molecule has 1 N–H and O–H groups in total. The molecule has 138 valence electrons. The summed E-state index contributed by atoms with van der Waals surface area (Å²) in [6.07, 6.45) is 4.16. The number of rotatable bonds is 7. The Kier molecular flexibility index (Phi) is 6.10. The second-order valence-corrected chi connectivity index (χ2v) is 6.13. The molecule has 0 atom stereocenters. The third-order valence-corrected chi connectivity index (χ3v) is 4.40. The largest absolute Gasteiger partial charge is 0.497 e. The van der Waals surface area contributed by atoms with E-state index in [1.54, 1.807) is 20.3 Å². The van der Waals surface area contributed by atoms with Crippen LogP contribution in [0.15, 0.2) is 66.7 Å². The minimum Gasteiger partial charge on any atom is -0.497 e. The first-order valence-electron chi connectivity index (χ1n) is 8.86. The van der Waals surface area contributed by atoms with E-state index in [0.717, 1.165) is 39.8 Å². The molecule has 0 saturated carbocycles. The first kappa shape index (κ1) is 18.5. The highest BCUT2D eigenvalue weighted by Gasteiger charge is 2.04. The number of benzene rings is 3. The molecular formula is C23H23NO3. The molecule has 0 unspecified atom stereocenters. The van der Waals surface area contributed by atoms with Crippen LogP contribution in [0.3, 0.4) is 0 Å². The molecule has 0 aromatic heterocycles. The van der Waals surface area contributed by atoms with E-state index in [-0.39, 0.29) is 5.91 Å². The molecule has 0 radical (unpaired) electrons. The van der Waals surface area contributed by atoms with Gasteiger partial charge < -0.3 is 14.8 Å². The second-order valence-electron chi connectivity index (χ2n) is 6.13. The third kappa shape index (κ3) is 4.67. The van der Waals surface area contributed by atoms with Crippen LogP contribution in [0, 0.1) is 0 Å². The maximum Gasteiger partial charge on any atom is 0.244 e. The molecule has 4 heteroatoms. The van der Waals surface area contributed by atoms with Crippen LogP contribution in [-0.4, -0.2) is 26.7 Å². The van der Waals surface area contributed by atoms with E-state index >= 15 is 0 Å². The van der Waals surface area contributed by atoms with Crippen molar-refractivity contribution in [2.45, 2.75) is 6.42 Å². The SMILES string of the molecule is COc1cccc(CCNC(=O)/C=C/c2ccc(OC)c3ccccc23)c1. The monoisotopic (exact) mass is 361 g/mol. The summed E-state index contributed by atoms with van der Waals surface area (Å²) in [5, 5.41) is 5.00. The Bertz CT molecular complexity index is 963. The van der Waals surface area contributed by atoms with Crippen molar-refractivity contribution in [2.75, 3.05) is 20.8 Å². The number of amides is 1. The lowest BCUT2D eigenvalue weighted by Crippen LogP contribution is -2.23. The maximum atomic E-state index is 12.1. The van der Waals surface area contributed by atoms with E-state index in [9.17, 15) is 4.79 Å². The first-order chi connectivity index (χ1) is 13.2. The smallest absolute Gasteiger partial charge is 0.244 e. The molecular weight excluding hydrogens is 338 g/mol. The van der Waals surface area contributed by atoms with E-state index < -0.39 is 0 Å². The Morgan fingerprint density at radius 3 is 2.56 bits per heavy atom. The number of hydrogen-bond donors (Lipinski definition) is 1. The average Bonchev–Trinajstić information content (AvgIpc) is 2.72.